The number of esters is 1. The number of hydrogen-bond acceptors (Lipinski definition) is 5. The summed E-state index contributed by atoms with van der Waals surface area (Å²) in [6, 6.07) is 8.34. The van der Waals surface area contributed by atoms with Crippen LogP contribution in [0.5, 0.6) is 0 Å². The molecule has 1 amide bonds. The molecule has 4 rings (SSSR count). The number of para-hydroxylation sites is 1. The maximum absolute atomic E-state index is 13.3. The highest BCUT2D eigenvalue weighted by Crippen LogP contribution is 2.29. The van der Waals surface area contributed by atoms with Crippen LogP contribution < -0.4 is 0 Å². The van der Waals surface area contributed by atoms with Crippen molar-refractivity contribution in [3.05, 3.63) is 41.1 Å². The molecule has 0 unspecified atom stereocenters. The molecule has 31 heavy (non-hydrogen) atoms. The highest BCUT2D eigenvalue weighted by Gasteiger charge is 2.29. The van der Waals surface area contributed by atoms with Crippen molar-refractivity contribution in [2.45, 2.75) is 71.0 Å². The number of fused-ring (bicyclic) bond motifs is 2. The Morgan fingerprint density at radius 2 is 1.94 bits per heavy atom. The number of amides is 1. The second-order valence-electron chi connectivity index (χ2n) is 9.12. The van der Waals surface area contributed by atoms with E-state index in [0.29, 0.717) is 18.2 Å². The summed E-state index contributed by atoms with van der Waals surface area (Å²) in [6.07, 6.45) is 6.42. The smallest absolute Gasteiger partial charge is 0.339 e. The Labute approximate surface area is 184 Å². The Balaban J connectivity index is 1.57. The molecule has 0 N–H and O–H groups in total. The fourth-order valence-corrected chi connectivity index (χ4v) is 4.86. The lowest BCUT2D eigenvalue weighted by molar-refractivity contribution is -0.135. The third kappa shape index (κ3) is 4.59. The fourth-order valence-electron chi connectivity index (χ4n) is 4.86. The van der Waals surface area contributed by atoms with Crippen molar-refractivity contribution >= 4 is 22.8 Å². The zero-order chi connectivity index (χ0) is 22.0. The zero-order valence-corrected chi connectivity index (χ0v) is 18.9. The van der Waals surface area contributed by atoms with E-state index in [2.05, 4.69) is 18.7 Å². The standard InChI is InChI=1S/C25H33N3O3/c1-17(2)28-14-13-22-20(15-28)24(19-11-7-8-12-21(19)26-22)25(30)31-16-23(29)27(3)18-9-5-4-6-10-18/h7-8,11-12,17-18H,4-6,9-10,13-16H2,1-3H3. The molecule has 0 atom stereocenters. The van der Waals surface area contributed by atoms with Crippen molar-refractivity contribution in [2.24, 2.45) is 0 Å². The van der Waals surface area contributed by atoms with Crippen LogP contribution in [0.2, 0.25) is 0 Å². The summed E-state index contributed by atoms with van der Waals surface area (Å²) in [5, 5.41) is 0.796. The van der Waals surface area contributed by atoms with Gasteiger partial charge in [-0.1, -0.05) is 37.5 Å². The molecule has 2 aromatic rings. The molecule has 2 heterocycles. The van der Waals surface area contributed by atoms with E-state index in [-0.39, 0.29) is 18.6 Å². The van der Waals surface area contributed by atoms with Crippen LogP contribution in [0.1, 0.15) is 67.6 Å². The van der Waals surface area contributed by atoms with Crippen LogP contribution in [0.15, 0.2) is 24.3 Å². The second-order valence-corrected chi connectivity index (χ2v) is 9.12. The number of nitrogens with zero attached hydrogens (tertiary/aromatic N) is 3. The molecule has 1 saturated carbocycles. The van der Waals surface area contributed by atoms with Gasteiger partial charge in [0.1, 0.15) is 0 Å². The van der Waals surface area contributed by atoms with Crippen LogP contribution >= 0.6 is 0 Å². The van der Waals surface area contributed by atoms with Gasteiger partial charge in [-0.2, -0.15) is 0 Å². The quantitative estimate of drug-likeness (QED) is 0.682. The molecule has 1 aromatic carbocycles. The molecule has 1 aromatic heterocycles. The molecule has 0 bridgehead atoms. The third-order valence-electron chi connectivity index (χ3n) is 6.85. The summed E-state index contributed by atoms with van der Waals surface area (Å²) in [4.78, 5) is 34.9. The van der Waals surface area contributed by atoms with Crippen molar-refractivity contribution in [1.82, 2.24) is 14.8 Å². The summed E-state index contributed by atoms with van der Waals surface area (Å²) >= 11 is 0. The molecular formula is C25H33N3O3. The van der Waals surface area contributed by atoms with Gasteiger partial charge in [0.15, 0.2) is 6.61 Å². The summed E-state index contributed by atoms with van der Waals surface area (Å²) in [6.45, 7) is 5.71. The Bertz CT molecular complexity index is 966. The number of benzene rings is 1. The number of carbonyl (C=O) groups is 2. The molecule has 2 aliphatic rings. The number of rotatable bonds is 5. The number of carbonyl (C=O) groups excluding carboxylic acids is 2. The van der Waals surface area contributed by atoms with Crippen molar-refractivity contribution in [3.63, 3.8) is 0 Å². The first kappa shape index (κ1) is 21.8. The van der Waals surface area contributed by atoms with E-state index in [1.165, 1.54) is 6.42 Å². The Morgan fingerprint density at radius 1 is 1.19 bits per heavy atom. The maximum atomic E-state index is 13.3. The van der Waals surface area contributed by atoms with E-state index >= 15 is 0 Å². The Hall–Kier alpha value is -2.47. The van der Waals surface area contributed by atoms with Crippen molar-refractivity contribution in [1.29, 1.82) is 0 Å². The Morgan fingerprint density at radius 3 is 2.68 bits per heavy atom. The maximum Gasteiger partial charge on any atom is 0.339 e. The highest BCUT2D eigenvalue weighted by atomic mass is 16.5. The topological polar surface area (TPSA) is 62.7 Å². The minimum absolute atomic E-state index is 0.128. The number of hydrogen-bond donors (Lipinski definition) is 0. The molecule has 166 valence electrons. The van der Waals surface area contributed by atoms with Crippen molar-refractivity contribution in [3.8, 4) is 0 Å². The fraction of sp³-hybridized carbons (Fsp3) is 0.560. The van der Waals surface area contributed by atoms with Crippen LogP contribution in [-0.2, 0) is 22.5 Å². The van der Waals surface area contributed by atoms with Gasteiger partial charge < -0.3 is 9.64 Å². The first-order valence-electron chi connectivity index (χ1n) is 11.5. The van der Waals surface area contributed by atoms with Crippen molar-refractivity contribution in [2.75, 3.05) is 20.2 Å². The lowest BCUT2D eigenvalue weighted by Crippen LogP contribution is -2.40. The van der Waals surface area contributed by atoms with Gasteiger partial charge in [-0.3, -0.25) is 14.7 Å². The first-order chi connectivity index (χ1) is 15.0. The van der Waals surface area contributed by atoms with Gasteiger partial charge in [-0.05, 0) is 32.8 Å². The van der Waals surface area contributed by atoms with Crippen LogP contribution in [0.25, 0.3) is 10.9 Å². The molecule has 0 spiro atoms. The molecule has 1 fully saturated rings. The normalized spacial score (nSPS) is 17.5. The second kappa shape index (κ2) is 9.35. The van der Waals surface area contributed by atoms with Gasteiger partial charge >= 0.3 is 5.97 Å². The summed E-state index contributed by atoms with van der Waals surface area (Å²) in [5.74, 6) is -0.554. The summed E-state index contributed by atoms with van der Waals surface area (Å²) in [5.41, 5.74) is 3.28. The molecule has 0 radical (unpaired) electrons. The van der Waals surface area contributed by atoms with E-state index < -0.39 is 5.97 Å². The van der Waals surface area contributed by atoms with Gasteiger partial charge in [-0.25, -0.2) is 4.79 Å². The van der Waals surface area contributed by atoms with Crippen molar-refractivity contribution < 1.29 is 14.3 Å². The Kier molecular flexibility index (Phi) is 6.56. The molecule has 1 aliphatic heterocycles. The summed E-state index contributed by atoms with van der Waals surface area (Å²) < 4.78 is 5.60. The van der Waals surface area contributed by atoms with E-state index in [1.54, 1.807) is 4.90 Å². The first-order valence-corrected chi connectivity index (χ1v) is 11.5. The highest BCUT2D eigenvalue weighted by molar-refractivity contribution is 6.05. The van der Waals surface area contributed by atoms with E-state index in [1.807, 2.05) is 31.3 Å². The monoisotopic (exact) mass is 423 g/mol. The SMILES string of the molecule is CC(C)N1CCc2nc3ccccc3c(C(=O)OCC(=O)N(C)C3CCCCC3)c2C1. The number of aromatic nitrogens is 1. The van der Waals surface area contributed by atoms with Crippen LogP contribution in [0.3, 0.4) is 0 Å². The molecule has 0 saturated heterocycles. The van der Waals surface area contributed by atoms with E-state index in [0.717, 1.165) is 60.8 Å². The number of likely N-dealkylation sites (N-methyl/N-ethyl adjacent to an activating group) is 1. The predicted molar refractivity (Wildman–Crippen MR) is 121 cm³/mol. The minimum Gasteiger partial charge on any atom is -0.452 e. The van der Waals surface area contributed by atoms with Gasteiger partial charge in [-0.15, -0.1) is 0 Å². The van der Waals surface area contributed by atoms with E-state index in [4.69, 9.17) is 9.72 Å². The van der Waals surface area contributed by atoms with Gasteiger partial charge in [0.25, 0.3) is 5.91 Å². The van der Waals surface area contributed by atoms with Crippen LogP contribution in [0, 0.1) is 0 Å². The largest absolute Gasteiger partial charge is 0.452 e. The van der Waals surface area contributed by atoms with E-state index in [9.17, 15) is 9.59 Å². The molecule has 1 aliphatic carbocycles. The van der Waals surface area contributed by atoms with Gasteiger partial charge in [0.2, 0.25) is 0 Å². The predicted octanol–water partition coefficient (Wildman–Crippen LogP) is 3.95. The van der Waals surface area contributed by atoms with Crippen LogP contribution in [-0.4, -0.2) is 58.9 Å². The van der Waals surface area contributed by atoms with Crippen LogP contribution in [0.4, 0.5) is 0 Å². The van der Waals surface area contributed by atoms with Gasteiger partial charge in [0.05, 0.1) is 11.1 Å². The number of pyridine rings is 1. The minimum atomic E-state index is -0.425. The molecule has 6 nitrogen and oxygen atoms in total. The number of ether oxygens (including phenoxy) is 1. The molecule has 6 heteroatoms. The zero-order valence-electron chi connectivity index (χ0n) is 18.9. The average Bonchev–Trinajstić information content (AvgIpc) is 2.80. The summed E-state index contributed by atoms with van der Waals surface area (Å²) in [7, 11) is 1.83. The third-order valence-corrected chi connectivity index (χ3v) is 6.85. The molecular weight excluding hydrogens is 390 g/mol. The lowest BCUT2D eigenvalue weighted by atomic mass is 9.94. The van der Waals surface area contributed by atoms with Gasteiger partial charge in [0, 0.05) is 55.3 Å². The lowest BCUT2D eigenvalue weighted by Gasteiger charge is -2.33. The average molecular weight is 424 g/mol.